The lowest BCUT2D eigenvalue weighted by atomic mass is 15.9. The summed E-state index contributed by atoms with van der Waals surface area (Å²) in [6.45, 7) is 0. The maximum absolute atomic E-state index is 9.95. The van der Waals surface area contributed by atoms with Crippen LogP contribution in [-0.4, -0.2) is 31.5 Å². The molecule has 0 amide bonds. The minimum atomic E-state index is -3.62. The lowest BCUT2D eigenvalue weighted by molar-refractivity contribution is 0.576. The van der Waals surface area contributed by atoms with Gasteiger partial charge in [-0.1, -0.05) is 0 Å². The van der Waals surface area contributed by atoms with Crippen molar-refractivity contribution in [2.45, 2.75) is 0 Å². The molecule has 0 unspecified atom stereocenters. The van der Waals surface area contributed by atoms with E-state index < -0.39 is 11.1 Å². The molecule has 30 valence electrons. The molecule has 0 spiro atoms. The van der Waals surface area contributed by atoms with Crippen molar-refractivity contribution in [3.05, 3.63) is 0 Å². The predicted octanol–water partition coefficient (Wildman–Crippen LogP) is -1.43. The average molecular weight is 110 g/mol. The highest BCUT2D eigenvalue weighted by molar-refractivity contribution is 7.66. The highest BCUT2D eigenvalue weighted by atomic mass is 32.2. The smallest absolute Gasteiger partial charge is 0.198 e. The van der Waals surface area contributed by atoms with Gasteiger partial charge in [0.15, 0.2) is 0 Å². The SMILES string of the molecule is O=[SH](=O)F.[MgH2]. The number of rotatable bonds is 0. The van der Waals surface area contributed by atoms with Crippen molar-refractivity contribution in [3.63, 3.8) is 0 Å². The largest absolute Gasteiger partial charge is 0.316 e. The summed E-state index contributed by atoms with van der Waals surface area (Å²) < 4.78 is 26.7. The second-order valence-electron chi connectivity index (χ2n) is 0.213. The first-order chi connectivity index (χ1) is 1.73. The fourth-order valence-electron chi connectivity index (χ4n) is 0. The fourth-order valence-corrected chi connectivity index (χ4v) is 0. The standard InChI is InChI=1S/FHO2S.Mg.2H/c1-4(2)3;;;/h4H;;;. The van der Waals surface area contributed by atoms with Gasteiger partial charge in [-0.3, -0.25) is 0 Å². The summed E-state index contributed by atoms with van der Waals surface area (Å²) in [6.07, 6.45) is 0. The first-order valence-corrected chi connectivity index (χ1v) is 1.60. The minimum absolute atomic E-state index is 0. The van der Waals surface area contributed by atoms with E-state index in [1.807, 2.05) is 0 Å². The van der Waals surface area contributed by atoms with Gasteiger partial charge in [-0.05, 0) is 0 Å². The monoisotopic (exact) mass is 110 g/mol. The van der Waals surface area contributed by atoms with Gasteiger partial charge in [0.05, 0.1) is 0 Å². The molecule has 0 saturated carbocycles. The van der Waals surface area contributed by atoms with Gasteiger partial charge < -0.3 is 0 Å². The van der Waals surface area contributed by atoms with Crippen LogP contribution in [0.4, 0.5) is 3.89 Å². The van der Waals surface area contributed by atoms with E-state index in [4.69, 9.17) is 8.42 Å². The number of hydrogen-bond donors (Lipinski definition) is 1. The number of hydrogen-bond acceptors (Lipinski definition) is 2. The van der Waals surface area contributed by atoms with Crippen molar-refractivity contribution in [1.82, 2.24) is 0 Å². The molecular formula is H3FMgO2S. The van der Waals surface area contributed by atoms with Crippen LogP contribution < -0.4 is 0 Å². The predicted molar refractivity (Wildman–Crippen MR) is 20.0 cm³/mol. The van der Waals surface area contributed by atoms with Gasteiger partial charge >= 0.3 is 23.1 Å². The van der Waals surface area contributed by atoms with Crippen molar-refractivity contribution < 1.29 is 12.3 Å². The van der Waals surface area contributed by atoms with Crippen molar-refractivity contribution >= 4 is 34.1 Å². The van der Waals surface area contributed by atoms with Crippen molar-refractivity contribution in [2.24, 2.45) is 0 Å². The molecule has 0 bridgehead atoms. The van der Waals surface area contributed by atoms with Crippen LogP contribution in [0.15, 0.2) is 0 Å². The summed E-state index contributed by atoms with van der Waals surface area (Å²) >= 11 is -3.62. The van der Waals surface area contributed by atoms with E-state index in [9.17, 15) is 3.89 Å². The molecule has 0 radical (unpaired) electrons. The quantitative estimate of drug-likeness (QED) is 0.236. The third-order valence-electron chi connectivity index (χ3n) is 0. The third-order valence-corrected chi connectivity index (χ3v) is 0. The Balaban J connectivity index is 0. The van der Waals surface area contributed by atoms with E-state index in [0.29, 0.717) is 0 Å². The highest BCUT2D eigenvalue weighted by Crippen LogP contribution is 1.49. The molecule has 0 aliphatic heterocycles. The second kappa shape index (κ2) is 4.65. The van der Waals surface area contributed by atoms with E-state index in [-0.39, 0.29) is 23.1 Å². The summed E-state index contributed by atoms with van der Waals surface area (Å²) in [6, 6.07) is 0. The molecule has 0 N–H and O–H groups in total. The molecule has 0 fully saturated rings. The average Bonchev–Trinajstić information content (AvgIpc) is 0.811. The van der Waals surface area contributed by atoms with Crippen LogP contribution in [0.2, 0.25) is 0 Å². The van der Waals surface area contributed by atoms with Gasteiger partial charge in [-0.15, -0.1) is 3.89 Å². The van der Waals surface area contributed by atoms with Gasteiger partial charge in [0.1, 0.15) is 0 Å². The fraction of sp³-hybridized carbons (Fsp3) is 0. The van der Waals surface area contributed by atoms with Crippen LogP contribution in [-0.2, 0) is 11.1 Å². The number of thiol groups is 1. The van der Waals surface area contributed by atoms with E-state index in [2.05, 4.69) is 0 Å². The molecule has 0 aromatic carbocycles. The number of halogens is 1. The topological polar surface area (TPSA) is 34.1 Å². The van der Waals surface area contributed by atoms with E-state index in [0.717, 1.165) is 0 Å². The van der Waals surface area contributed by atoms with Crippen LogP contribution in [0.25, 0.3) is 0 Å². The Morgan fingerprint density at radius 2 is 1.40 bits per heavy atom. The molecular weight excluding hydrogens is 107 g/mol. The normalized spacial score (nSPS) is 6.80. The molecule has 0 saturated heterocycles. The Labute approximate surface area is 46.8 Å². The van der Waals surface area contributed by atoms with Gasteiger partial charge in [0.2, 0.25) is 0 Å². The van der Waals surface area contributed by atoms with Crippen molar-refractivity contribution in [2.75, 3.05) is 0 Å². The summed E-state index contributed by atoms with van der Waals surface area (Å²) in [7, 11) is 0. The van der Waals surface area contributed by atoms with E-state index in [1.54, 1.807) is 0 Å². The summed E-state index contributed by atoms with van der Waals surface area (Å²) in [4.78, 5) is 0. The molecule has 5 heavy (non-hydrogen) atoms. The van der Waals surface area contributed by atoms with Gasteiger partial charge in [-0.2, -0.15) is 8.42 Å². The first-order valence-electron chi connectivity index (χ1n) is 0.534. The van der Waals surface area contributed by atoms with Crippen molar-refractivity contribution in [1.29, 1.82) is 0 Å². The Morgan fingerprint density at radius 3 is 1.40 bits per heavy atom. The summed E-state index contributed by atoms with van der Waals surface area (Å²) in [5.74, 6) is 0. The molecule has 0 aliphatic carbocycles. The van der Waals surface area contributed by atoms with Gasteiger partial charge in [-0.25, -0.2) is 0 Å². The Kier molecular flexibility index (Phi) is 8.52. The van der Waals surface area contributed by atoms with Crippen molar-refractivity contribution in [3.8, 4) is 0 Å². The lowest BCUT2D eigenvalue weighted by Gasteiger charge is -1.36. The van der Waals surface area contributed by atoms with Crippen LogP contribution >= 0.6 is 0 Å². The molecule has 0 rings (SSSR count). The summed E-state index contributed by atoms with van der Waals surface area (Å²) in [5, 5.41) is 0. The molecule has 0 aliphatic rings. The van der Waals surface area contributed by atoms with E-state index >= 15 is 0 Å². The Morgan fingerprint density at radius 1 is 1.40 bits per heavy atom. The molecule has 2 nitrogen and oxygen atoms in total. The van der Waals surface area contributed by atoms with E-state index in [1.165, 1.54) is 0 Å². The van der Waals surface area contributed by atoms with Crippen LogP contribution in [0.5, 0.6) is 0 Å². The molecule has 0 aromatic heterocycles. The van der Waals surface area contributed by atoms with Gasteiger partial charge in [0, 0.05) is 0 Å². The molecule has 5 heteroatoms. The molecule has 0 aromatic rings. The lowest BCUT2D eigenvalue weighted by Crippen LogP contribution is -1.44. The highest BCUT2D eigenvalue weighted by Gasteiger charge is 1.50. The summed E-state index contributed by atoms with van der Waals surface area (Å²) in [5.41, 5.74) is 0. The van der Waals surface area contributed by atoms with Crippen LogP contribution in [0, 0.1) is 0 Å². The molecule has 0 heterocycles. The third kappa shape index (κ3) is 77.9. The van der Waals surface area contributed by atoms with Crippen LogP contribution in [0.1, 0.15) is 0 Å². The van der Waals surface area contributed by atoms with Crippen LogP contribution in [0.3, 0.4) is 0 Å². The maximum atomic E-state index is 9.95. The second-order valence-corrected chi connectivity index (χ2v) is 0.638. The Hall–Kier alpha value is 0.646. The zero-order chi connectivity index (χ0) is 3.58. The molecule has 0 atom stereocenters. The maximum Gasteiger partial charge on any atom is 0.316 e. The van der Waals surface area contributed by atoms with Gasteiger partial charge in [0.25, 0.3) is 11.1 Å². The Bertz CT molecular complexity index is 58.0. The first kappa shape index (κ1) is 9.17. The zero-order valence-corrected chi connectivity index (χ0v) is 2.54. The zero-order valence-electron chi connectivity index (χ0n) is 1.64. The minimum Gasteiger partial charge on any atom is -0.198 e.